The minimum atomic E-state index is -0.121. The van der Waals surface area contributed by atoms with Gasteiger partial charge in [-0.3, -0.25) is 14.8 Å². The molecule has 5 rings (SSSR count). The van der Waals surface area contributed by atoms with Crippen molar-refractivity contribution in [2.45, 2.75) is 6.54 Å². The zero-order valence-corrected chi connectivity index (χ0v) is 16.7. The molecule has 3 N–H and O–H groups in total. The highest BCUT2D eigenvalue weighted by atomic mass is 35.5. The SMILES string of the molecule is O=C(CNc1ccnc2cc(Cl)ccc12)NCc1nccc2c1[nH]c1ccccc12. The van der Waals surface area contributed by atoms with Gasteiger partial charge < -0.3 is 15.6 Å². The second kappa shape index (κ2) is 7.65. The van der Waals surface area contributed by atoms with E-state index in [1.807, 2.05) is 42.5 Å². The number of nitrogens with one attached hydrogen (secondary N) is 3. The molecule has 0 aliphatic carbocycles. The van der Waals surface area contributed by atoms with Gasteiger partial charge in [0.2, 0.25) is 5.91 Å². The minimum absolute atomic E-state index is 0.121. The first-order valence-corrected chi connectivity index (χ1v) is 9.96. The Hall–Kier alpha value is -3.64. The molecule has 0 bridgehead atoms. The smallest absolute Gasteiger partial charge is 0.239 e. The van der Waals surface area contributed by atoms with Crippen LogP contribution in [0.4, 0.5) is 5.69 Å². The van der Waals surface area contributed by atoms with Gasteiger partial charge >= 0.3 is 0 Å². The monoisotopic (exact) mass is 415 g/mol. The van der Waals surface area contributed by atoms with Crippen molar-refractivity contribution in [1.82, 2.24) is 20.3 Å². The number of para-hydroxylation sites is 1. The quantitative estimate of drug-likeness (QED) is 0.390. The number of hydrogen-bond donors (Lipinski definition) is 3. The highest BCUT2D eigenvalue weighted by molar-refractivity contribution is 6.31. The third-order valence-electron chi connectivity index (χ3n) is 5.10. The largest absolute Gasteiger partial charge is 0.376 e. The Labute approximate surface area is 177 Å². The van der Waals surface area contributed by atoms with Crippen molar-refractivity contribution in [3.8, 4) is 0 Å². The second-order valence-corrected chi connectivity index (χ2v) is 7.44. The van der Waals surface area contributed by atoms with Crippen LogP contribution >= 0.6 is 11.6 Å². The second-order valence-electron chi connectivity index (χ2n) is 7.00. The average molecular weight is 416 g/mol. The number of aromatic nitrogens is 3. The molecule has 0 spiro atoms. The van der Waals surface area contributed by atoms with Gasteiger partial charge in [-0.2, -0.15) is 0 Å². The highest BCUT2D eigenvalue weighted by Crippen LogP contribution is 2.26. The molecule has 0 unspecified atom stereocenters. The molecule has 148 valence electrons. The van der Waals surface area contributed by atoms with E-state index in [-0.39, 0.29) is 12.5 Å². The van der Waals surface area contributed by atoms with Gasteiger partial charge in [0.05, 0.1) is 29.8 Å². The molecule has 0 radical (unpaired) electrons. The first-order chi connectivity index (χ1) is 14.7. The minimum Gasteiger partial charge on any atom is -0.376 e. The molecule has 0 saturated carbocycles. The number of halogens is 1. The van der Waals surface area contributed by atoms with Crippen LogP contribution in [0.25, 0.3) is 32.7 Å². The lowest BCUT2D eigenvalue weighted by atomic mass is 10.1. The first-order valence-electron chi connectivity index (χ1n) is 9.58. The lowest BCUT2D eigenvalue weighted by molar-refractivity contribution is -0.119. The molecule has 0 saturated heterocycles. The Balaban J connectivity index is 1.29. The first kappa shape index (κ1) is 18.4. The highest BCUT2D eigenvalue weighted by Gasteiger charge is 2.10. The number of carbonyl (C=O) groups excluding carboxylic acids is 1. The number of benzene rings is 2. The Morgan fingerprint density at radius 1 is 0.967 bits per heavy atom. The van der Waals surface area contributed by atoms with Crippen LogP contribution in [0.2, 0.25) is 5.02 Å². The molecular formula is C23H18ClN5O. The molecule has 6 nitrogen and oxygen atoms in total. The third kappa shape index (κ3) is 3.42. The maximum absolute atomic E-state index is 12.4. The van der Waals surface area contributed by atoms with Gasteiger partial charge in [0.25, 0.3) is 0 Å². The lowest BCUT2D eigenvalue weighted by Crippen LogP contribution is -2.29. The zero-order chi connectivity index (χ0) is 20.5. The van der Waals surface area contributed by atoms with Crippen molar-refractivity contribution in [2.24, 2.45) is 0 Å². The predicted octanol–water partition coefficient (Wildman–Crippen LogP) is 4.65. The van der Waals surface area contributed by atoms with E-state index in [1.54, 1.807) is 18.5 Å². The zero-order valence-electron chi connectivity index (χ0n) is 15.9. The summed E-state index contributed by atoms with van der Waals surface area (Å²) in [5.41, 5.74) is 4.43. The molecule has 0 aliphatic heterocycles. The Morgan fingerprint density at radius 3 is 2.77 bits per heavy atom. The van der Waals surface area contributed by atoms with Gasteiger partial charge in [-0.05, 0) is 36.4 Å². The van der Waals surface area contributed by atoms with Crippen molar-refractivity contribution in [1.29, 1.82) is 0 Å². The van der Waals surface area contributed by atoms with E-state index in [0.717, 1.165) is 44.1 Å². The number of aromatic amines is 1. The van der Waals surface area contributed by atoms with Crippen molar-refractivity contribution in [3.05, 3.63) is 77.7 Å². The van der Waals surface area contributed by atoms with E-state index in [4.69, 9.17) is 11.6 Å². The molecule has 2 aromatic carbocycles. The van der Waals surface area contributed by atoms with E-state index in [9.17, 15) is 4.79 Å². The van der Waals surface area contributed by atoms with Gasteiger partial charge in [0.15, 0.2) is 0 Å². The molecule has 3 aromatic heterocycles. The Morgan fingerprint density at radius 2 is 1.83 bits per heavy atom. The van der Waals surface area contributed by atoms with Crippen LogP contribution in [0, 0.1) is 0 Å². The van der Waals surface area contributed by atoms with E-state index in [1.165, 1.54) is 0 Å². The predicted molar refractivity (Wildman–Crippen MR) is 121 cm³/mol. The van der Waals surface area contributed by atoms with Gasteiger partial charge in [0.1, 0.15) is 0 Å². The summed E-state index contributed by atoms with van der Waals surface area (Å²) in [7, 11) is 0. The van der Waals surface area contributed by atoms with Crippen molar-refractivity contribution < 1.29 is 4.79 Å². The van der Waals surface area contributed by atoms with E-state index < -0.39 is 0 Å². The Bertz CT molecular complexity index is 1390. The van der Waals surface area contributed by atoms with Crippen LogP contribution in [0.5, 0.6) is 0 Å². The number of anilines is 1. The van der Waals surface area contributed by atoms with Crippen molar-refractivity contribution >= 4 is 55.9 Å². The summed E-state index contributed by atoms with van der Waals surface area (Å²) in [5, 5.41) is 9.91. The number of hydrogen-bond acceptors (Lipinski definition) is 4. The number of pyridine rings is 2. The molecule has 30 heavy (non-hydrogen) atoms. The fourth-order valence-corrected chi connectivity index (χ4v) is 3.83. The number of H-pyrrole nitrogens is 1. The number of carbonyl (C=O) groups is 1. The van der Waals surface area contributed by atoms with Gasteiger partial charge in [-0.25, -0.2) is 0 Å². The summed E-state index contributed by atoms with van der Waals surface area (Å²) in [6, 6.07) is 17.5. The molecule has 7 heteroatoms. The molecule has 0 aliphatic rings. The van der Waals surface area contributed by atoms with Gasteiger partial charge in [-0.15, -0.1) is 0 Å². The molecule has 0 atom stereocenters. The van der Waals surface area contributed by atoms with Crippen LogP contribution in [0.15, 0.2) is 67.0 Å². The standard InChI is InChI=1S/C23H18ClN5O/c24-14-5-6-17-18(8-10-25-20(17)11-14)27-13-22(30)28-12-21-23-16(7-9-26-21)15-3-1-2-4-19(15)29-23/h1-11,29H,12-13H2,(H,25,27)(H,28,30). The topological polar surface area (TPSA) is 82.7 Å². The normalized spacial score (nSPS) is 11.2. The van der Waals surface area contributed by atoms with Gasteiger partial charge in [0, 0.05) is 44.8 Å². The summed E-state index contributed by atoms with van der Waals surface area (Å²) >= 11 is 6.03. The number of nitrogens with zero attached hydrogens (tertiary/aromatic N) is 2. The summed E-state index contributed by atoms with van der Waals surface area (Å²) in [5.74, 6) is -0.121. The third-order valence-corrected chi connectivity index (χ3v) is 5.34. The van der Waals surface area contributed by atoms with Crippen LogP contribution in [-0.2, 0) is 11.3 Å². The van der Waals surface area contributed by atoms with E-state index >= 15 is 0 Å². The number of fused-ring (bicyclic) bond motifs is 4. The molecule has 1 amide bonds. The maximum atomic E-state index is 12.4. The van der Waals surface area contributed by atoms with Crippen LogP contribution < -0.4 is 10.6 Å². The fourth-order valence-electron chi connectivity index (χ4n) is 3.66. The number of amides is 1. The van der Waals surface area contributed by atoms with E-state index in [0.29, 0.717) is 11.6 Å². The molecule has 0 fully saturated rings. The van der Waals surface area contributed by atoms with E-state index in [2.05, 4.69) is 31.7 Å². The lowest BCUT2D eigenvalue weighted by Gasteiger charge is -2.10. The summed E-state index contributed by atoms with van der Waals surface area (Å²) in [4.78, 5) is 24.6. The Kier molecular flexibility index (Phi) is 4.69. The van der Waals surface area contributed by atoms with Crippen LogP contribution in [0.1, 0.15) is 5.69 Å². The molecule has 5 aromatic rings. The fraction of sp³-hybridized carbons (Fsp3) is 0.0870. The summed E-state index contributed by atoms with van der Waals surface area (Å²) in [6.07, 6.45) is 3.47. The van der Waals surface area contributed by atoms with Crippen LogP contribution in [-0.4, -0.2) is 27.4 Å². The summed E-state index contributed by atoms with van der Waals surface area (Å²) in [6.45, 7) is 0.488. The summed E-state index contributed by atoms with van der Waals surface area (Å²) < 4.78 is 0. The van der Waals surface area contributed by atoms with Crippen molar-refractivity contribution in [2.75, 3.05) is 11.9 Å². The molecular weight excluding hydrogens is 398 g/mol. The number of rotatable bonds is 5. The van der Waals surface area contributed by atoms with Crippen LogP contribution in [0.3, 0.4) is 0 Å². The maximum Gasteiger partial charge on any atom is 0.239 e. The van der Waals surface area contributed by atoms with Crippen molar-refractivity contribution in [3.63, 3.8) is 0 Å². The van der Waals surface area contributed by atoms with Gasteiger partial charge in [-0.1, -0.05) is 29.8 Å². The molecule has 3 heterocycles. The average Bonchev–Trinajstić information content (AvgIpc) is 3.15.